The Kier molecular flexibility index (Phi) is 5.57. The molecule has 0 aliphatic heterocycles. The van der Waals surface area contributed by atoms with Crippen molar-refractivity contribution in [2.45, 2.75) is 45.1 Å². The fourth-order valence-electron chi connectivity index (χ4n) is 2.92. The first-order chi connectivity index (χ1) is 10.2. The summed E-state index contributed by atoms with van der Waals surface area (Å²) in [5, 5.41) is 8.77. The van der Waals surface area contributed by atoms with Crippen LogP contribution in [-0.2, 0) is 4.79 Å². The Hall–Kier alpha value is -2.08. The van der Waals surface area contributed by atoms with E-state index in [9.17, 15) is 4.79 Å². The summed E-state index contributed by atoms with van der Waals surface area (Å²) in [6.45, 7) is 2.81. The van der Waals surface area contributed by atoms with E-state index >= 15 is 0 Å². The molecule has 21 heavy (non-hydrogen) atoms. The summed E-state index contributed by atoms with van der Waals surface area (Å²) in [4.78, 5) is 14.3. The lowest BCUT2D eigenvalue weighted by Crippen LogP contribution is -2.40. The number of rotatable bonds is 4. The van der Waals surface area contributed by atoms with Crippen LogP contribution < -0.4 is 0 Å². The van der Waals surface area contributed by atoms with Gasteiger partial charge in [-0.2, -0.15) is 5.26 Å². The van der Waals surface area contributed by atoms with Gasteiger partial charge < -0.3 is 4.90 Å². The quantitative estimate of drug-likeness (QED) is 0.789. The molecule has 1 saturated carbocycles. The summed E-state index contributed by atoms with van der Waals surface area (Å²) in [7, 11) is 0. The molecule has 1 aromatic rings. The standard InChI is InChI=1S/C18H22N2O/c1-2-20(17-6-4-3-5-7-17)18(21)13-12-15-8-10-16(14-19)11-9-15/h8-13,17H,2-7H2,1H3/b13-12+. The van der Waals surface area contributed by atoms with Crippen molar-refractivity contribution >= 4 is 12.0 Å². The molecule has 0 bridgehead atoms. The highest BCUT2D eigenvalue weighted by atomic mass is 16.2. The average Bonchev–Trinajstić information content (AvgIpc) is 2.55. The molecule has 1 fully saturated rings. The van der Waals surface area contributed by atoms with Gasteiger partial charge in [0.1, 0.15) is 0 Å². The van der Waals surface area contributed by atoms with Crippen LogP contribution in [0.25, 0.3) is 6.08 Å². The van der Waals surface area contributed by atoms with Crippen molar-refractivity contribution in [3.05, 3.63) is 41.5 Å². The maximum Gasteiger partial charge on any atom is 0.246 e. The molecule has 0 spiro atoms. The molecule has 1 aromatic carbocycles. The molecular formula is C18H22N2O. The lowest BCUT2D eigenvalue weighted by Gasteiger charge is -2.32. The minimum Gasteiger partial charge on any atom is -0.336 e. The highest BCUT2D eigenvalue weighted by Crippen LogP contribution is 2.22. The second-order valence-corrected chi connectivity index (χ2v) is 5.48. The zero-order valence-corrected chi connectivity index (χ0v) is 12.6. The van der Waals surface area contributed by atoms with E-state index in [1.54, 1.807) is 18.2 Å². The molecule has 3 nitrogen and oxygen atoms in total. The summed E-state index contributed by atoms with van der Waals surface area (Å²) in [5.74, 6) is 0.0914. The van der Waals surface area contributed by atoms with Gasteiger partial charge in [0.2, 0.25) is 5.91 Å². The van der Waals surface area contributed by atoms with Gasteiger partial charge in [0.05, 0.1) is 11.6 Å². The Balaban J connectivity index is 2.00. The van der Waals surface area contributed by atoms with Crippen LogP contribution in [0.4, 0.5) is 0 Å². The van der Waals surface area contributed by atoms with Gasteiger partial charge in [0.15, 0.2) is 0 Å². The van der Waals surface area contributed by atoms with E-state index < -0.39 is 0 Å². The van der Waals surface area contributed by atoms with E-state index in [1.165, 1.54) is 19.3 Å². The van der Waals surface area contributed by atoms with Crippen LogP contribution in [-0.4, -0.2) is 23.4 Å². The van der Waals surface area contributed by atoms with Crippen LogP contribution in [0.3, 0.4) is 0 Å². The third-order valence-corrected chi connectivity index (χ3v) is 4.10. The number of amides is 1. The van der Waals surface area contributed by atoms with Gasteiger partial charge >= 0.3 is 0 Å². The Morgan fingerprint density at radius 1 is 1.29 bits per heavy atom. The molecule has 0 atom stereocenters. The second kappa shape index (κ2) is 7.64. The van der Waals surface area contributed by atoms with Crippen molar-refractivity contribution < 1.29 is 4.79 Å². The van der Waals surface area contributed by atoms with Gasteiger partial charge in [-0.1, -0.05) is 31.4 Å². The van der Waals surface area contributed by atoms with Crippen LogP contribution in [0.2, 0.25) is 0 Å². The second-order valence-electron chi connectivity index (χ2n) is 5.48. The summed E-state index contributed by atoms with van der Waals surface area (Å²) < 4.78 is 0. The van der Waals surface area contributed by atoms with Crippen molar-refractivity contribution in [2.75, 3.05) is 6.54 Å². The maximum atomic E-state index is 12.4. The number of nitrogens with zero attached hydrogens (tertiary/aromatic N) is 2. The first-order valence-electron chi connectivity index (χ1n) is 7.73. The Bertz CT molecular complexity index is 533. The molecule has 1 amide bonds. The summed E-state index contributed by atoms with van der Waals surface area (Å²) >= 11 is 0. The van der Waals surface area contributed by atoms with Crippen LogP contribution >= 0.6 is 0 Å². The van der Waals surface area contributed by atoms with Crippen LogP contribution in [0, 0.1) is 11.3 Å². The number of benzene rings is 1. The number of carbonyl (C=O) groups is 1. The zero-order chi connectivity index (χ0) is 15.1. The topological polar surface area (TPSA) is 44.1 Å². The van der Waals surface area contributed by atoms with Crippen molar-refractivity contribution in [3.8, 4) is 6.07 Å². The first-order valence-corrected chi connectivity index (χ1v) is 7.73. The molecule has 0 radical (unpaired) electrons. The van der Waals surface area contributed by atoms with E-state index in [-0.39, 0.29) is 5.91 Å². The van der Waals surface area contributed by atoms with E-state index in [2.05, 4.69) is 6.07 Å². The van der Waals surface area contributed by atoms with Crippen molar-refractivity contribution in [1.82, 2.24) is 4.90 Å². The molecule has 2 rings (SSSR count). The molecule has 0 unspecified atom stereocenters. The van der Waals surface area contributed by atoms with Gasteiger partial charge in [0, 0.05) is 18.7 Å². The highest BCUT2D eigenvalue weighted by molar-refractivity contribution is 5.92. The summed E-state index contributed by atoms with van der Waals surface area (Å²) in [6, 6.07) is 9.75. The predicted molar refractivity (Wildman–Crippen MR) is 84.5 cm³/mol. The number of nitriles is 1. The monoisotopic (exact) mass is 282 g/mol. The number of carbonyl (C=O) groups excluding carboxylic acids is 1. The van der Waals surface area contributed by atoms with E-state index in [1.807, 2.05) is 30.0 Å². The van der Waals surface area contributed by atoms with Crippen LogP contribution in [0.15, 0.2) is 30.3 Å². The fourth-order valence-corrected chi connectivity index (χ4v) is 2.92. The Labute approximate surface area is 126 Å². The van der Waals surface area contributed by atoms with Crippen molar-refractivity contribution in [3.63, 3.8) is 0 Å². The molecule has 110 valence electrons. The maximum absolute atomic E-state index is 12.4. The van der Waals surface area contributed by atoms with Crippen molar-refractivity contribution in [2.24, 2.45) is 0 Å². The summed E-state index contributed by atoms with van der Waals surface area (Å²) in [6.07, 6.45) is 9.49. The highest BCUT2D eigenvalue weighted by Gasteiger charge is 2.22. The van der Waals surface area contributed by atoms with Crippen LogP contribution in [0.1, 0.15) is 50.2 Å². The Morgan fingerprint density at radius 2 is 1.95 bits per heavy atom. The fraction of sp³-hybridized carbons (Fsp3) is 0.444. The first kappa shape index (κ1) is 15.3. The average molecular weight is 282 g/mol. The van der Waals surface area contributed by atoms with Gasteiger partial charge in [0.25, 0.3) is 0 Å². The number of likely N-dealkylation sites (N-methyl/N-ethyl adjacent to an activating group) is 1. The Morgan fingerprint density at radius 3 is 2.52 bits per heavy atom. The molecule has 0 heterocycles. The zero-order valence-electron chi connectivity index (χ0n) is 12.6. The molecule has 3 heteroatoms. The van der Waals surface area contributed by atoms with E-state index in [0.717, 1.165) is 24.9 Å². The van der Waals surface area contributed by atoms with Gasteiger partial charge in [-0.25, -0.2) is 0 Å². The number of hydrogen-bond donors (Lipinski definition) is 0. The van der Waals surface area contributed by atoms with Gasteiger partial charge in [-0.05, 0) is 43.5 Å². The lowest BCUT2D eigenvalue weighted by atomic mass is 9.94. The minimum absolute atomic E-state index is 0.0914. The predicted octanol–water partition coefficient (Wildman–Crippen LogP) is 3.75. The van der Waals surface area contributed by atoms with Gasteiger partial charge in [-0.3, -0.25) is 4.79 Å². The van der Waals surface area contributed by atoms with Crippen LogP contribution in [0.5, 0.6) is 0 Å². The SMILES string of the molecule is CCN(C(=O)/C=C/c1ccc(C#N)cc1)C1CCCCC1. The largest absolute Gasteiger partial charge is 0.336 e. The molecule has 0 aromatic heterocycles. The van der Waals surface area contributed by atoms with Gasteiger partial charge in [-0.15, -0.1) is 0 Å². The van der Waals surface area contributed by atoms with Crippen molar-refractivity contribution in [1.29, 1.82) is 5.26 Å². The lowest BCUT2D eigenvalue weighted by molar-refractivity contribution is -0.128. The normalized spacial score (nSPS) is 15.8. The molecule has 1 aliphatic rings. The molecule has 0 N–H and O–H groups in total. The summed E-state index contributed by atoms with van der Waals surface area (Å²) in [5.41, 5.74) is 1.58. The molecular weight excluding hydrogens is 260 g/mol. The molecule has 1 aliphatic carbocycles. The minimum atomic E-state index is 0.0914. The van der Waals surface area contributed by atoms with E-state index in [4.69, 9.17) is 5.26 Å². The third kappa shape index (κ3) is 4.19. The third-order valence-electron chi connectivity index (χ3n) is 4.10. The number of hydrogen-bond acceptors (Lipinski definition) is 2. The van der Waals surface area contributed by atoms with E-state index in [0.29, 0.717) is 11.6 Å². The molecule has 0 saturated heterocycles. The smallest absolute Gasteiger partial charge is 0.246 e.